The summed E-state index contributed by atoms with van der Waals surface area (Å²) in [5, 5.41) is 0. The average Bonchev–Trinajstić information content (AvgIpc) is 2.99. The second kappa shape index (κ2) is 12.1. The van der Waals surface area contributed by atoms with Gasteiger partial charge in [0.05, 0.1) is 0 Å². The Hall–Kier alpha value is -1.11. The van der Waals surface area contributed by atoms with Crippen LogP contribution in [0.2, 0.25) is 0 Å². The first-order valence-corrected chi connectivity index (χ1v) is 13.0. The Labute approximate surface area is 185 Å². The maximum absolute atomic E-state index is 14.7. The van der Waals surface area contributed by atoms with E-state index in [1.165, 1.54) is 75.4 Å². The van der Waals surface area contributed by atoms with Crippen LogP contribution in [0.1, 0.15) is 104 Å². The monoisotopic (exact) mass is 412 g/mol. The molecule has 4 aliphatic rings. The fourth-order valence-electron chi connectivity index (χ4n) is 5.71. The second-order valence-corrected chi connectivity index (χ2v) is 10.5. The number of allylic oxidation sites excluding steroid dienone is 8. The standard InChI is InChI=1S/C21H29F.C8H16/c1-15-4-3-5-18(11-8-15)20-13-12-19(14-21(20)22)17-9-6-16(2)7-10-17;1-2-8-6-4-3-5-7-8/h3-4,11-12,14-17,20H,5-10,13H2,1-2H3;8H,2-7H2,1H3. The molecule has 0 radical (unpaired) electrons. The molecule has 2 unspecified atom stereocenters. The van der Waals surface area contributed by atoms with Gasteiger partial charge in [0.1, 0.15) is 5.83 Å². The fourth-order valence-corrected chi connectivity index (χ4v) is 5.71. The van der Waals surface area contributed by atoms with Gasteiger partial charge >= 0.3 is 0 Å². The third-order valence-corrected chi connectivity index (χ3v) is 8.03. The molecule has 0 aromatic carbocycles. The first-order valence-electron chi connectivity index (χ1n) is 13.0. The molecule has 2 fully saturated rings. The minimum Gasteiger partial charge on any atom is -0.211 e. The lowest BCUT2D eigenvalue weighted by atomic mass is 9.76. The van der Waals surface area contributed by atoms with Crippen molar-refractivity contribution in [1.29, 1.82) is 0 Å². The predicted octanol–water partition coefficient (Wildman–Crippen LogP) is 9.50. The molecule has 0 aromatic heterocycles. The van der Waals surface area contributed by atoms with Crippen molar-refractivity contribution in [3.05, 3.63) is 47.4 Å². The highest BCUT2D eigenvalue weighted by Gasteiger charge is 2.27. The molecule has 2 atom stereocenters. The van der Waals surface area contributed by atoms with Gasteiger partial charge in [-0.2, -0.15) is 0 Å². The van der Waals surface area contributed by atoms with Gasteiger partial charge in [0.15, 0.2) is 0 Å². The number of hydrogen-bond donors (Lipinski definition) is 0. The van der Waals surface area contributed by atoms with Crippen molar-refractivity contribution in [2.75, 3.05) is 0 Å². The third-order valence-electron chi connectivity index (χ3n) is 8.03. The maximum atomic E-state index is 14.7. The van der Waals surface area contributed by atoms with Gasteiger partial charge in [-0.1, -0.05) is 102 Å². The van der Waals surface area contributed by atoms with E-state index in [-0.39, 0.29) is 11.7 Å². The van der Waals surface area contributed by atoms with E-state index < -0.39 is 0 Å². The summed E-state index contributed by atoms with van der Waals surface area (Å²) >= 11 is 0. The molecular formula is C29H45F. The molecule has 0 aliphatic heterocycles. The Morgan fingerprint density at radius 1 is 0.900 bits per heavy atom. The second-order valence-electron chi connectivity index (χ2n) is 10.5. The minimum absolute atomic E-state index is 0.00112. The lowest BCUT2D eigenvalue weighted by Gasteiger charge is -2.30. The van der Waals surface area contributed by atoms with Gasteiger partial charge in [-0.15, -0.1) is 0 Å². The van der Waals surface area contributed by atoms with Gasteiger partial charge in [0.25, 0.3) is 0 Å². The zero-order valence-corrected chi connectivity index (χ0v) is 19.8. The minimum atomic E-state index is 0.00112. The van der Waals surface area contributed by atoms with Crippen molar-refractivity contribution >= 4 is 0 Å². The van der Waals surface area contributed by atoms with Gasteiger partial charge in [-0.3, -0.25) is 0 Å². The van der Waals surface area contributed by atoms with Gasteiger partial charge in [0, 0.05) is 5.92 Å². The molecule has 4 rings (SSSR count). The lowest BCUT2D eigenvalue weighted by molar-refractivity contribution is 0.320. The Kier molecular flexibility index (Phi) is 9.47. The molecule has 168 valence electrons. The molecule has 30 heavy (non-hydrogen) atoms. The summed E-state index contributed by atoms with van der Waals surface area (Å²) in [6.45, 7) is 6.88. The molecule has 0 nitrogen and oxygen atoms in total. The van der Waals surface area contributed by atoms with E-state index in [4.69, 9.17) is 0 Å². The highest BCUT2D eigenvalue weighted by molar-refractivity contribution is 5.34. The van der Waals surface area contributed by atoms with Crippen LogP contribution in [0.3, 0.4) is 0 Å². The molecule has 0 saturated heterocycles. The van der Waals surface area contributed by atoms with Gasteiger partial charge in [-0.05, 0) is 67.4 Å². The highest BCUT2D eigenvalue weighted by Crippen LogP contribution is 2.40. The van der Waals surface area contributed by atoms with Crippen LogP contribution in [0, 0.1) is 29.6 Å². The Bertz CT molecular complexity index is 635. The molecule has 4 aliphatic carbocycles. The number of halogens is 1. The Morgan fingerprint density at radius 3 is 2.27 bits per heavy atom. The zero-order chi connectivity index (χ0) is 21.3. The van der Waals surface area contributed by atoms with E-state index in [1.54, 1.807) is 0 Å². The lowest BCUT2D eigenvalue weighted by Crippen LogP contribution is -2.17. The molecule has 2 saturated carbocycles. The highest BCUT2D eigenvalue weighted by atomic mass is 19.1. The van der Waals surface area contributed by atoms with Crippen molar-refractivity contribution in [3.63, 3.8) is 0 Å². The molecule has 1 heteroatoms. The average molecular weight is 413 g/mol. The molecule has 0 spiro atoms. The first-order chi connectivity index (χ1) is 14.6. The van der Waals surface area contributed by atoms with E-state index in [2.05, 4.69) is 45.1 Å². The zero-order valence-electron chi connectivity index (χ0n) is 19.8. The molecule has 0 amide bonds. The summed E-state index contributed by atoms with van der Waals surface area (Å²) < 4.78 is 14.7. The van der Waals surface area contributed by atoms with Crippen LogP contribution in [0.25, 0.3) is 0 Å². The van der Waals surface area contributed by atoms with E-state index in [1.807, 2.05) is 6.08 Å². The molecule has 0 bridgehead atoms. The molecule has 0 heterocycles. The van der Waals surface area contributed by atoms with Crippen molar-refractivity contribution in [2.24, 2.45) is 29.6 Å². The van der Waals surface area contributed by atoms with Gasteiger partial charge in [0.2, 0.25) is 0 Å². The number of hydrogen-bond acceptors (Lipinski definition) is 0. The maximum Gasteiger partial charge on any atom is 0.108 e. The van der Waals surface area contributed by atoms with Crippen LogP contribution < -0.4 is 0 Å². The summed E-state index contributed by atoms with van der Waals surface area (Å²) in [5.41, 5.74) is 2.56. The smallest absolute Gasteiger partial charge is 0.108 e. The largest absolute Gasteiger partial charge is 0.211 e. The van der Waals surface area contributed by atoms with E-state index >= 15 is 0 Å². The molecule has 0 aromatic rings. The Morgan fingerprint density at radius 2 is 1.63 bits per heavy atom. The van der Waals surface area contributed by atoms with Crippen LogP contribution in [0.5, 0.6) is 0 Å². The van der Waals surface area contributed by atoms with Crippen LogP contribution in [0.15, 0.2) is 47.4 Å². The number of rotatable bonds is 3. The quantitative estimate of drug-likeness (QED) is 0.405. The van der Waals surface area contributed by atoms with Crippen LogP contribution in [-0.2, 0) is 0 Å². The SMILES string of the molecule is CC1C=CCC(C2CC=C(C3CCC(C)CC3)C=C2F)=CC1.CCC1CCCCC1. The van der Waals surface area contributed by atoms with Crippen LogP contribution in [-0.4, -0.2) is 0 Å². The van der Waals surface area contributed by atoms with Crippen LogP contribution in [0.4, 0.5) is 4.39 Å². The summed E-state index contributed by atoms with van der Waals surface area (Å²) in [7, 11) is 0. The van der Waals surface area contributed by atoms with Crippen LogP contribution >= 0.6 is 0 Å². The van der Waals surface area contributed by atoms with Crippen molar-refractivity contribution in [1.82, 2.24) is 0 Å². The Balaban J connectivity index is 0.000000269. The first kappa shape index (κ1) is 23.6. The van der Waals surface area contributed by atoms with Gasteiger partial charge < -0.3 is 0 Å². The summed E-state index contributed by atoms with van der Waals surface area (Å²) in [6, 6.07) is 0. The summed E-state index contributed by atoms with van der Waals surface area (Å²) in [4.78, 5) is 0. The molecule has 0 N–H and O–H groups in total. The normalized spacial score (nSPS) is 32.9. The van der Waals surface area contributed by atoms with Gasteiger partial charge in [-0.25, -0.2) is 4.39 Å². The summed E-state index contributed by atoms with van der Waals surface area (Å²) in [5.74, 6) is 3.23. The topological polar surface area (TPSA) is 0 Å². The van der Waals surface area contributed by atoms with E-state index in [0.717, 1.165) is 31.1 Å². The fraction of sp³-hybridized carbons (Fsp3) is 0.724. The third kappa shape index (κ3) is 6.96. The predicted molar refractivity (Wildman–Crippen MR) is 129 cm³/mol. The van der Waals surface area contributed by atoms with E-state index in [0.29, 0.717) is 11.8 Å². The van der Waals surface area contributed by atoms with Crippen molar-refractivity contribution < 1.29 is 4.39 Å². The van der Waals surface area contributed by atoms with Crippen molar-refractivity contribution in [3.8, 4) is 0 Å². The van der Waals surface area contributed by atoms with E-state index in [9.17, 15) is 4.39 Å². The van der Waals surface area contributed by atoms with Crippen molar-refractivity contribution in [2.45, 2.75) is 104 Å². The summed E-state index contributed by atoms with van der Waals surface area (Å²) in [6.07, 6.45) is 27.8. The molecular weight excluding hydrogens is 367 g/mol.